The van der Waals surface area contributed by atoms with Gasteiger partial charge in [-0.05, 0) is 18.2 Å². The van der Waals surface area contributed by atoms with Crippen molar-refractivity contribution in [2.45, 2.75) is 22.8 Å². The molecule has 0 fully saturated rings. The summed E-state index contributed by atoms with van der Waals surface area (Å²) in [6.07, 6.45) is 0.985. The van der Waals surface area contributed by atoms with Gasteiger partial charge in [-0.15, -0.1) is 10.2 Å². The van der Waals surface area contributed by atoms with Crippen LogP contribution >= 0.6 is 23.1 Å². The molecule has 0 saturated heterocycles. The van der Waals surface area contributed by atoms with Gasteiger partial charge in [-0.25, -0.2) is 0 Å². The van der Waals surface area contributed by atoms with Crippen LogP contribution in [0.5, 0.6) is 6.01 Å². The Labute approximate surface area is 131 Å². The van der Waals surface area contributed by atoms with Crippen LogP contribution in [0.2, 0.25) is 0 Å². The van der Waals surface area contributed by atoms with Crippen molar-refractivity contribution in [2.24, 2.45) is 0 Å². The van der Waals surface area contributed by atoms with Gasteiger partial charge in [-0.3, -0.25) is 0 Å². The fourth-order valence-electron chi connectivity index (χ4n) is 1.29. The van der Waals surface area contributed by atoms with Gasteiger partial charge in [0.05, 0.1) is 7.11 Å². The van der Waals surface area contributed by atoms with Gasteiger partial charge in [0, 0.05) is 20.6 Å². The third-order valence-electron chi connectivity index (χ3n) is 2.27. The van der Waals surface area contributed by atoms with E-state index in [4.69, 9.17) is 4.74 Å². The van der Waals surface area contributed by atoms with E-state index in [9.17, 15) is 0 Å². The smallest absolute Gasteiger partial charge is 0.321 e. The molecule has 0 aliphatic carbocycles. The van der Waals surface area contributed by atoms with E-state index in [1.807, 2.05) is 19.0 Å². The number of hydrogen-bond donors (Lipinski definition) is 1. The largest absolute Gasteiger partial charge is 0.467 e. The predicted octanol–water partition coefficient (Wildman–Crippen LogP) is 1.77. The molecule has 0 spiro atoms. The minimum absolute atomic E-state index is 0.281. The van der Waals surface area contributed by atoms with Crippen LogP contribution in [0, 0.1) is 0 Å². The lowest BCUT2D eigenvalue weighted by molar-refractivity contribution is 0.373. The van der Waals surface area contributed by atoms with Crippen LogP contribution in [0.1, 0.15) is 13.3 Å². The van der Waals surface area contributed by atoms with E-state index in [-0.39, 0.29) is 6.01 Å². The highest BCUT2D eigenvalue weighted by atomic mass is 32.2. The van der Waals surface area contributed by atoms with Crippen LogP contribution in [-0.4, -0.2) is 52.9 Å². The molecule has 2 rings (SSSR count). The Morgan fingerprint density at radius 3 is 2.67 bits per heavy atom. The van der Waals surface area contributed by atoms with Crippen molar-refractivity contribution in [1.82, 2.24) is 25.1 Å². The van der Waals surface area contributed by atoms with Gasteiger partial charge in [0.2, 0.25) is 16.2 Å². The van der Waals surface area contributed by atoms with E-state index in [0.29, 0.717) is 11.1 Å². The lowest BCUT2D eigenvalue weighted by atomic mass is 10.5. The van der Waals surface area contributed by atoms with Gasteiger partial charge in [-0.1, -0.05) is 18.3 Å². The molecule has 0 radical (unpaired) electrons. The molecule has 2 heterocycles. The van der Waals surface area contributed by atoms with Crippen molar-refractivity contribution in [3.63, 3.8) is 0 Å². The first-order valence-corrected chi connectivity index (χ1v) is 7.98. The highest BCUT2D eigenvalue weighted by Gasteiger charge is 2.12. The van der Waals surface area contributed by atoms with E-state index in [1.54, 1.807) is 0 Å². The second-order valence-electron chi connectivity index (χ2n) is 4.20. The summed E-state index contributed by atoms with van der Waals surface area (Å²) in [4.78, 5) is 14.6. The summed E-state index contributed by atoms with van der Waals surface area (Å²) in [6, 6.07) is 0.281. The number of anilines is 2. The van der Waals surface area contributed by atoms with Crippen LogP contribution in [0.15, 0.2) is 9.50 Å². The third kappa shape index (κ3) is 4.39. The minimum Gasteiger partial charge on any atom is -0.467 e. The fourth-order valence-corrected chi connectivity index (χ4v) is 2.90. The van der Waals surface area contributed by atoms with Crippen LogP contribution in [0.4, 0.5) is 11.1 Å². The van der Waals surface area contributed by atoms with Crippen molar-refractivity contribution in [3.8, 4) is 6.01 Å². The molecule has 10 heteroatoms. The molecule has 0 unspecified atom stereocenters. The Hall–Kier alpha value is -1.68. The molecule has 0 aromatic carbocycles. The summed E-state index contributed by atoms with van der Waals surface area (Å²) in [5.41, 5.74) is 0. The number of hydrogen-bond acceptors (Lipinski definition) is 10. The third-order valence-corrected chi connectivity index (χ3v) is 4.27. The summed E-state index contributed by atoms with van der Waals surface area (Å²) in [5.74, 6) is 0.503. The molecule has 2 aromatic heterocycles. The summed E-state index contributed by atoms with van der Waals surface area (Å²) in [5, 5.41) is 12.7. The van der Waals surface area contributed by atoms with Crippen LogP contribution < -0.4 is 15.0 Å². The van der Waals surface area contributed by atoms with Crippen LogP contribution in [0.25, 0.3) is 0 Å². The van der Waals surface area contributed by atoms with Crippen LogP contribution in [0.3, 0.4) is 0 Å². The minimum atomic E-state index is 0.281. The average molecular weight is 327 g/mol. The van der Waals surface area contributed by atoms with E-state index < -0.39 is 0 Å². The molecule has 0 amide bonds. The monoisotopic (exact) mass is 327 g/mol. The summed E-state index contributed by atoms with van der Waals surface area (Å²) in [7, 11) is 5.38. The van der Waals surface area contributed by atoms with E-state index >= 15 is 0 Å². The number of ether oxygens (including phenoxy) is 1. The molecule has 0 aliphatic heterocycles. The maximum absolute atomic E-state index is 5.10. The molecule has 8 nitrogen and oxygen atoms in total. The second-order valence-corrected chi connectivity index (χ2v) is 6.37. The standard InChI is InChI=1S/C11H17N7OS2/c1-5-6-12-7-13-8(19-4)15-9(14-7)20-11-17-16-10(21-11)18(2)3/h5-6H2,1-4H3,(H,12,13,14,15). The molecule has 2 aromatic rings. The van der Waals surface area contributed by atoms with Crippen LogP contribution in [-0.2, 0) is 0 Å². The summed E-state index contributed by atoms with van der Waals surface area (Å²) >= 11 is 2.82. The van der Waals surface area contributed by atoms with Gasteiger partial charge in [0.25, 0.3) is 0 Å². The van der Waals surface area contributed by atoms with Gasteiger partial charge >= 0.3 is 6.01 Å². The first kappa shape index (κ1) is 15.7. The molecular formula is C11H17N7OS2. The van der Waals surface area contributed by atoms with Crippen molar-refractivity contribution >= 4 is 34.2 Å². The average Bonchev–Trinajstić information content (AvgIpc) is 2.93. The second kappa shape index (κ2) is 7.36. The Bertz CT molecular complexity index is 590. The number of methoxy groups -OCH3 is 1. The van der Waals surface area contributed by atoms with Gasteiger partial charge < -0.3 is 15.0 Å². The first-order chi connectivity index (χ1) is 10.1. The fraction of sp³-hybridized carbons (Fsp3) is 0.545. The Morgan fingerprint density at radius 1 is 1.24 bits per heavy atom. The molecule has 0 atom stereocenters. The molecule has 114 valence electrons. The van der Waals surface area contributed by atoms with Crippen molar-refractivity contribution < 1.29 is 4.74 Å². The molecule has 21 heavy (non-hydrogen) atoms. The molecule has 0 saturated carbocycles. The molecule has 1 N–H and O–H groups in total. The quantitative estimate of drug-likeness (QED) is 0.817. The molecule has 0 bridgehead atoms. The highest BCUT2D eigenvalue weighted by Crippen LogP contribution is 2.31. The Morgan fingerprint density at radius 2 is 2.05 bits per heavy atom. The van der Waals surface area contributed by atoms with E-state index in [2.05, 4.69) is 37.4 Å². The molecular weight excluding hydrogens is 310 g/mol. The van der Waals surface area contributed by atoms with E-state index in [1.165, 1.54) is 30.2 Å². The normalized spacial score (nSPS) is 10.5. The number of nitrogens with zero attached hydrogens (tertiary/aromatic N) is 6. The van der Waals surface area contributed by atoms with Gasteiger partial charge in [-0.2, -0.15) is 15.0 Å². The number of nitrogens with one attached hydrogen (secondary N) is 1. The number of rotatable bonds is 7. The van der Waals surface area contributed by atoms with Crippen molar-refractivity contribution in [3.05, 3.63) is 0 Å². The molecule has 0 aliphatic rings. The summed E-state index contributed by atoms with van der Waals surface area (Å²) < 4.78 is 5.87. The zero-order chi connectivity index (χ0) is 15.2. The summed E-state index contributed by atoms with van der Waals surface area (Å²) in [6.45, 7) is 2.87. The van der Waals surface area contributed by atoms with Crippen molar-refractivity contribution in [2.75, 3.05) is 38.0 Å². The first-order valence-electron chi connectivity index (χ1n) is 6.35. The zero-order valence-corrected chi connectivity index (χ0v) is 14.0. The lowest BCUT2D eigenvalue weighted by Gasteiger charge is -2.06. The lowest BCUT2D eigenvalue weighted by Crippen LogP contribution is -2.07. The zero-order valence-electron chi connectivity index (χ0n) is 12.3. The van der Waals surface area contributed by atoms with Gasteiger partial charge in [0.15, 0.2) is 4.34 Å². The Kier molecular flexibility index (Phi) is 5.51. The topological polar surface area (TPSA) is 89.0 Å². The Balaban J connectivity index is 2.17. The SMILES string of the molecule is CCCNc1nc(OC)nc(Sc2nnc(N(C)C)s2)n1. The maximum atomic E-state index is 5.10. The van der Waals surface area contributed by atoms with Gasteiger partial charge in [0.1, 0.15) is 0 Å². The van der Waals surface area contributed by atoms with Crippen molar-refractivity contribution in [1.29, 1.82) is 0 Å². The highest BCUT2D eigenvalue weighted by molar-refractivity contribution is 8.00. The predicted molar refractivity (Wildman–Crippen MR) is 83.5 cm³/mol. The number of aromatic nitrogens is 5. The maximum Gasteiger partial charge on any atom is 0.321 e. The van der Waals surface area contributed by atoms with E-state index in [0.717, 1.165) is 22.4 Å².